The topological polar surface area (TPSA) is 116 Å². The van der Waals surface area contributed by atoms with Gasteiger partial charge in [0, 0.05) is 24.1 Å². The molecule has 0 aliphatic heterocycles. The highest BCUT2D eigenvalue weighted by Crippen LogP contribution is 2.19. The second kappa shape index (κ2) is 8.79. The van der Waals surface area contributed by atoms with Crippen molar-refractivity contribution in [1.29, 1.82) is 0 Å². The molecule has 2 aromatic rings. The Kier molecular flexibility index (Phi) is 6.70. The molecule has 144 valence electrons. The smallest absolute Gasteiger partial charge is 0.238 e. The second-order valence-electron chi connectivity index (χ2n) is 5.95. The average Bonchev–Trinajstić information content (AvgIpc) is 2.61. The summed E-state index contributed by atoms with van der Waals surface area (Å²) < 4.78 is 28.4. The fraction of sp³-hybridized carbons (Fsp3) is 0.263. The lowest BCUT2D eigenvalue weighted by Crippen LogP contribution is -2.16. The van der Waals surface area contributed by atoms with E-state index in [1.807, 2.05) is 6.92 Å². The molecular weight excluding hydrogens is 368 g/mol. The standard InChI is InChI=1S/C19H22N2O5S/c1-3-26-16-8-5-14(6-9-16)17(22)10-11-19(23)21-15-7-4-13(2)18(12-15)27(20,24)25/h4-9,12H,3,10-11H2,1-2H3,(H,21,23)(H2,20,24,25). The van der Waals surface area contributed by atoms with Gasteiger partial charge in [0.25, 0.3) is 0 Å². The number of nitrogens with two attached hydrogens (primary N) is 1. The van der Waals surface area contributed by atoms with Gasteiger partial charge >= 0.3 is 0 Å². The molecule has 2 rings (SSSR count). The van der Waals surface area contributed by atoms with Crippen LogP contribution in [0.3, 0.4) is 0 Å². The van der Waals surface area contributed by atoms with Gasteiger partial charge in [0.1, 0.15) is 5.75 Å². The van der Waals surface area contributed by atoms with Crippen LogP contribution in [0, 0.1) is 6.92 Å². The van der Waals surface area contributed by atoms with Crippen molar-refractivity contribution in [2.75, 3.05) is 11.9 Å². The molecule has 0 aliphatic carbocycles. The van der Waals surface area contributed by atoms with E-state index < -0.39 is 15.9 Å². The van der Waals surface area contributed by atoms with E-state index in [-0.39, 0.29) is 23.5 Å². The lowest BCUT2D eigenvalue weighted by atomic mass is 10.1. The maximum absolute atomic E-state index is 12.2. The number of rotatable bonds is 8. The second-order valence-corrected chi connectivity index (χ2v) is 7.48. The average molecular weight is 390 g/mol. The number of carbonyl (C=O) groups excluding carboxylic acids is 2. The van der Waals surface area contributed by atoms with Crippen molar-refractivity contribution in [2.45, 2.75) is 31.6 Å². The number of hydrogen-bond donors (Lipinski definition) is 2. The predicted octanol–water partition coefficient (Wildman–Crippen LogP) is 2.64. The summed E-state index contributed by atoms with van der Waals surface area (Å²) in [7, 11) is -3.88. The van der Waals surface area contributed by atoms with E-state index in [0.29, 0.717) is 29.2 Å². The summed E-state index contributed by atoms with van der Waals surface area (Å²) in [5.74, 6) is 0.123. The van der Waals surface area contributed by atoms with Crippen molar-refractivity contribution in [3.63, 3.8) is 0 Å². The molecule has 0 saturated heterocycles. The molecule has 0 bridgehead atoms. The Bertz CT molecular complexity index is 937. The Morgan fingerprint density at radius 3 is 2.33 bits per heavy atom. The Balaban J connectivity index is 1.95. The first-order chi connectivity index (χ1) is 12.7. The summed E-state index contributed by atoms with van der Waals surface area (Å²) in [5.41, 5.74) is 1.29. The minimum Gasteiger partial charge on any atom is -0.494 e. The molecule has 0 saturated carbocycles. The third kappa shape index (κ3) is 5.90. The van der Waals surface area contributed by atoms with Crippen LogP contribution in [0.2, 0.25) is 0 Å². The van der Waals surface area contributed by atoms with E-state index in [9.17, 15) is 18.0 Å². The van der Waals surface area contributed by atoms with Gasteiger partial charge < -0.3 is 10.1 Å². The molecule has 8 heteroatoms. The Morgan fingerprint density at radius 1 is 1.07 bits per heavy atom. The molecule has 0 fully saturated rings. The van der Waals surface area contributed by atoms with Crippen molar-refractivity contribution in [3.8, 4) is 5.75 Å². The van der Waals surface area contributed by atoms with Crippen molar-refractivity contribution >= 4 is 27.4 Å². The SMILES string of the molecule is CCOc1ccc(C(=O)CCC(=O)Nc2ccc(C)c(S(N)(=O)=O)c2)cc1. The van der Waals surface area contributed by atoms with Gasteiger partial charge in [-0.1, -0.05) is 6.07 Å². The molecule has 7 nitrogen and oxygen atoms in total. The molecule has 3 N–H and O–H groups in total. The van der Waals surface area contributed by atoms with Crippen LogP contribution in [0.1, 0.15) is 35.7 Å². The number of amides is 1. The summed E-state index contributed by atoms with van der Waals surface area (Å²) in [4.78, 5) is 24.2. The normalized spacial score (nSPS) is 11.1. The molecule has 0 aliphatic rings. The van der Waals surface area contributed by atoms with Crippen molar-refractivity contribution in [2.24, 2.45) is 5.14 Å². The van der Waals surface area contributed by atoms with Crippen molar-refractivity contribution in [1.82, 2.24) is 0 Å². The highest BCUT2D eigenvalue weighted by Gasteiger charge is 2.14. The van der Waals surface area contributed by atoms with Crippen LogP contribution in [-0.2, 0) is 14.8 Å². The predicted molar refractivity (Wildman–Crippen MR) is 102 cm³/mol. The molecule has 2 aromatic carbocycles. The van der Waals surface area contributed by atoms with Gasteiger partial charge in [0.15, 0.2) is 5.78 Å². The molecule has 0 unspecified atom stereocenters. The number of benzene rings is 2. The van der Waals surface area contributed by atoms with E-state index in [1.54, 1.807) is 43.3 Å². The maximum Gasteiger partial charge on any atom is 0.238 e. The lowest BCUT2D eigenvalue weighted by molar-refractivity contribution is -0.116. The Morgan fingerprint density at radius 2 is 1.74 bits per heavy atom. The van der Waals surface area contributed by atoms with Gasteiger partial charge in [-0.05, 0) is 55.8 Å². The van der Waals surface area contributed by atoms with Gasteiger partial charge in [0.05, 0.1) is 11.5 Å². The third-order valence-electron chi connectivity index (χ3n) is 3.84. The van der Waals surface area contributed by atoms with Crippen LogP contribution >= 0.6 is 0 Å². The number of anilines is 1. The van der Waals surface area contributed by atoms with Gasteiger partial charge in [-0.15, -0.1) is 0 Å². The molecule has 0 spiro atoms. The highest BCUT2D eigenvalue weighted by atomic mass is 32.2. The van der Waals surface area contributed by atoms with Gasteiger partial charge in [0.2, 0.25) is 15.9 Å². The van der Waals surface area contributed by atoms with E-state index >= 15 is 0 Å². The minimum atomic E-state index is -3.88. The number of carbonyl (C=O) groups is 2. The number of hydrogen-bond acceptors (Lipinski definition) is 5. The minimum absolute atomic E-state index is 0.0232. The van der Waals surface area contributed by atoms with Crippen LogP contribution in [0.4, 0.5) is 5.69 Å². The summed E-state index contributed by atoms with van der Waals surface area (Å²) in [6.07, 6.45) is 0.0123. The first-order valence-corrected chi connectivity index (χ1v) is 9.94. The summed E-state index contributed by atoms with van der Waals surface area (Å²) in [6.45, 7) is 4.03. The number of Topliss-reactive ketones (excluding diaryl/α,β-unsaturated/α-hetero) is 1. The first kappa shape index (κ1) is 20.6. The monoisotopic (exact) mass is 390 g/mol. The molecule has 27 heavy (non-hydrogen) atoms. The van der Waals surface area contributed by atoms with Crippen LogP contribution in [0.5, 0.6) is 5.75 Å². The molecule has 0 heterocycles. The van der Waals surface area contributed by atoms with Crippen molar-refractivity contribution in [3.05, 3.63) is 53.6 Å². The van der Waals surface area contributed by atoms with Crippen LogP contribution in [0.25, 0.3) is 0 Å². The Hall–Kier alpha value is -2.71. The first-order valence-electron chi connectivity index (χ1n) is 8.40. The number of ketones is 1. The van der Waals surface area contributed by atoms with E-state index in [2.05, 4.69) is 5.32 Å². The molecule has 0 aromatic heterocycles. The number of aryl methyl sites for hydroxylation is 1. The maximum atomic E-state index is 12.2. The lowest BCUT2D eigenvalue weighted by Gasteiger charge is -2.09. The molecule has 0 radical (unpaired) electrons. The zero-order valence-corrected chi connectivity index (χ0v) is 16.0. The highest BCUT2D eigenvalue weighted by molar-refractivity contribution is 7.89. The van der Waals surface area contributed by atoms with Crippen molar-refractivity contribution < 1.29 is 22.7 Å². The fourth-order valence-corrected chi connectivity index (χ4v) is 3.29. The fourth-order valence-electron chi connectivity index (χ4n) is 2.48. The summed E-state index contributed by atoms with van der Waals surface area (Å²) in [6, 6.07) is 11.2. The summed E-state index contributed by atoms with van der Waals surface area (Å²) >= 11 is 0. The number of sulfonamides is 1. The number of ether oxygens (including phenoxy) is 1. The van der Waals surface area contributed by atoms with Crippen LogP contribution in [0.15, 0.2) is 47.4 Å². The largest absolute Gasteiger partial charge is 0.494 e. The molecular formula is C19H22N2O5S. The zero-order chi connectivity index (χ0) is 20.0. The van der Waals surface area contributed by atoms with Crippen LogP contribution in [-0.4, -0.2) is 26.7 Å². The molecule has 0 atom stereocenters. The quantitative estimate of drug-likeness (QED) is 0.672. The van der Waals surface area contributed by atoms with E-state index in [0.717, 1.165) is 0 Å². The molecule has 1 amide bonds. The zero-order valence-electron chi connectivity index (χ0n) is 15.2. The number of primary sulfonamides is 1. The third-order valence-corrected chi connectivity index (χ3v) is 4.90. The van der Waals surface area contributed by atoms with E-state index in [4.69, 9.17) is 9.88 Å². The number of nitrogens with one attached hydrogen (secondary N) is 1. The van der Waals surface area contributed by atoms with E-state index in [1.165, 1.54) is 6.07 Å². The van der Waals surface area contributed by atoms with Gasteiger partial charge in [-0.2, -0.15) is 0 Å². The van der Waals surface area contributed by atoms with Crippen LogP contribution < -0.4 is 15.2 Å². The summed E-state index contributed by atoms with van der Waals surface area (Å²) in [5, 5.41) is 7.74. The van der Waals surface area contributed by atoms with Gasteiger partial charge in [-0.25, -0.2) is 13.6 Å². The van der Waals surface area contributed by atoms with Gasteiger partial charge in [-0.3, -0.25) is 9.59 Å². The Labute approximate surface area is 158 Å².